The largest absolute Gasteiger partial charge is 0.496 e. The van der Waals surface area contributed by atoms with Crippen LogP contribution >= 0.6 is 11.6 Å². The van der Waals surface area contributed by atoms with Crippen LogP contribution in [0.1, 0.15) is 59.3 Å². The van der Waals surface area contributed by atoms with Crippen LogP contribution in [0.25, 0.3) is 17.3 Å². The third kappa shape index (κ3) is 6.81. The lowest BCUT2D eigenvalue weighted by Crippen LogP contribution is -2.07. The van der Waals surface area contributed by atoms with Crippen molar-refractivity contribution < 1.29 is 28.9 Å². The highest BCUT2D eigenvalue weighted by molar-refractivity contribution is 6.30. The minimum atomic E-state index is -1.02. The van der Waals surface area contributed by atoms with Crippen LogP contribution in [-0.4, -0.2) is 40.4 Å². The fourth-order valence-electron chi connectivity index (χ4n) is 5.34. The van der Waals surface area contributed by atoms with Crippen molar-refractivity contribution in [3.05, 3.63) is 99.2 Å². The summed E-state index contributed by atoms with van der Waals surface area (Å²) in [4.78, 5) is 24.8. The monoisotopic (exact) mass is 614 g/mol. The predicted molar refractivity (Wildman–Crippen MR) is 170 cm³/mol. The number of carbonyl (C=O) groups excluding carboxylic acids is 1. The zero-order valence-corrected chi connectivity index (χ0v) is 25.8. The van der Waals surface area contributed by atoms with Gasteiger partial charge in [-0.2, -0.15) is 5.10 Å². The average Bonchev–Trinajstić information content (AvgIpc) is 3.64. The van der Waals surface area contributed by atoms with Gasteiger partial charge in [0.15, 0.2) is 5.78 Å². The van der Waals surface area contributed by atoms with E-state index >= 15 is 0 Å². The van der Waals surface area contributed by atoms with Crippen LogP contribution < -0.4 is 14.2 Å². The number of hydrogen-bond acceptors (Lipinski definition) is 6. The quantitative estimate of drug-likeness (QED) is 0.156. The minimum absolute atomic E-state index is 0.0307. The number of unbranched alkanes of at least 4 members (excludes halogenated alkanes) is 1. The van der Waals surface area contributed by atoms with Crippen LogP contribution in [0, 0.1) is 0 Å². The number of benzene rings is 3. The summed E-state index contributed by atoms with van der Waals surface area (Å²) < 4.78 is 19.6. The van der Waals surface area contributed by atoms with E-state index < -0.39 is 5.97 Å². The minimum Gasteiger partial charge on any atom is -0.496 e. The number of Topliss-reactive ketones (excluding diaryl/α,β-unsaturated/α-hetero) is 1. The summed E-state index contributed by atoms with van der Waals surface area (Å²) in [6.45, 7) is 4.99. The number of allylic oxidation sites excluding steroid dienone is 1. The molecule has 0 radical (unpaired) electrons. The Morgan fingerprint density at radius 1 is 1.11 bits per heavy atom. The molecule has 4 aromatic rings. The van der Waals surface area contributed by atoms with Crippen LogP contribution in [0.4, 0.5) is 0 Å². The Kier molecular flexibility index (Phi) is 9.70. The first kappa shape index (κ1) is 30.9. The van der Waals surface area contributed by atoms with Gasteiger partial charge in [0, 0.05) is 57.8 Å². The Labute approximate surface area is 261 Å². The van der Waals surface area contributed by atoms with E-state index in [9.17, 15) is 14.7 Å². The van der Waals surface area contributed by atoms with Gasteiger partial charge in [-0.3, -0.25) is 9.48 Å². The molecule has 8 nitrogen and oxygen atoms in total. The molecule has 5 rings (SSSR count). The maximum atomic E-state index is 13.0. The molecule has 44 heavy (non-hydrogen) atoms. The number of aromatic nitrogens is 2. The van der Waals surface area contributed by atoms with Crippen molar-refractivity contribution in [2.75, 3.05) is 13.7 Å². The second kappa shape index (κ2) is 13.8. The maximum Gasteiger partial charge on any atom is 0.336 e. The number of fused-ring (bicyclic) bond motifs is 1. The highest BCUT2D eigenvalue weighted by Gasteiger charge is 2.21. The van der Waals surface area contributed by atoms with Crippen molar-refractivity contribution >= 4 is 29.4 Å². The summed E-state index contributed by atoms with van der Waals surface area (Å²) in [5, 5.41) is 14.8. The van der Waals surface area contributed by atoms with Crippen molar-refractivity contribution in [2.24, 2.45) is 0 Å². The Bertz CT molecular complexity index is 1720. The number of aromatic carboxylic acids is 1. The van der Waals surface area contributed by atoms with Crippen molar-refractivity contribution in [3.63, 3.8) is 0 Å². The van der Waals surface area contributed by atoms with Gasteiger partial charge >= 0.3 is 5.97 Å². The molecule has 9 heteroatoms. The number of rotatable bonds is 13. The smallest absolute Gasteiger partial charge is 0.336 e. The normalized spacial score (nSPS) is 12.5. The number of carboxylic acids is 1. The number of carboxylic acid groups (broad SMARTS) is 1. The predicted octanol–water partition coefficient (Wildman–Crippen LogP) is 7.44. The van der Waals surface area contributed by atoms with Crippen LogP contribution in [0.5, 0.6) is 17.2 Å². The molecule has 0 amide bonds. The zero-order valence-electron chi connectivity index (χ0n) is 25.1. The van der Waals surface area contributed by atoms with Gasteiger partial charge in [0.1, 0.15) is 23.9 Å². The number of hydrogen-bond donors (Lipinski definition) is 1. The molecule has 0 aliphatic carbocycles. The zero-order chi connectivity index (χ0) is 31.2. The molecule has 1 aliphatic rings. The molecule has 1 aliphatic heterocycles. The number of ketones is 1. The second-order valence-electron chi connectivity index (χ2n) is 10.7. The molecular formula is C35H35ClN2O6. The Morgan fingerprint density at radius 3 is 2.68 bits per heavy atom. The van der Waals surface area contributed by atoms with Gasteiger partial charge in [-0.15, -0.1) is 0 Å². The molecule has 1 aromatic heterocycles. The standard InChI is InChI=1S/C35H35ClN2O6/c1-4-5-13-38-34(30-11-10-28(36)19-33(30)44-21-24-8-6-7-9-29(24)35(40)41)27(20-37-38)16-25(22(2)39)15-26-18-32-23(12-14-43-32)17-31(26)42-3/h6-11,16-20H,4-5,12-15,21H2,1-3H3,(H,40,41)/b25-16+. The molecule has 0 saturated heterocycles. The van der Waals surface area contributed by atoms with E-state index in [0.29, 0.717) is 41.5 Å². The number of methoxy groups -OCH3 is 1. The topological polar surface area (TPSA) is 99.9 Å². The fourth-order valence-corrected chi connectivity index (χ4v) is 5.50. The second-order valence-corrected chi connectivity index (χ2v) is 11.1. The van der Waals surface area contributed by atoms with Gasteiger partial charge in [-0.25, -0.2) is 4.79 Å². The molecular weight excluding hydrogens is 580 g/mol. The number of ether oxygens (including phenoxy) is 3. The van der Waals surface area contributed by atoms with E-state index in [0.717, 1.165) is 58.7 Å². The Hall–Kier alpha value is -4.56. The van der Waals surface area contributed by atoms with Crippen LogP contribution in [0.3, 0.4) is 0 Å². The number of aryl methyl sites for hydroxylation is 1. The summed E-state index contributed by atoms with van der Waals surface area (Å²) in [5.41, 5.74) is 5.52. The van der Waals surface area contributed by atoms with E-state index in [1.807, 2.05) is 29.0 Å². The molecule has 0 spiro atoms. The van der Waals surface area contributed by atoms with E-state index in [4.69, 9.17) is 30.9 Å². The van der Waals surface area contributed by atoms with Gasteiger partial charge in [-0.1, -0.05) is 43.1 Å². The number of halogens is 1. The maximum absolute atomic E-state index is 13.0. The molecule has 228 valence electrons. The van der Waals surface area contributed by atoms with E-state index in [2.05, 4.69) is 6.92 Å². The molecule has 0 atom stereocenters. The van der Waals surface area contributed by atoms with E-state index in [1.165, 1.54) is 0 Å². The van der Waals surface area contributed by atoms with Gasteiger partial charge < -0.3 is 19.3 Å². The number of nitrogens with zero attached hydrogens (tertiary/aromatic N) is 2. The lowest BCUT2D eigenvalue weighted by atomic mass is 9.96. The Balaban J connectivity index is 1.56. The number of carbonyl (C=O) groups is 2. The lowest BCUT2D eigenvalue weighted by Gasteiger charge is -2.16. The molecule has 2 heterocycles. The third-order valence-electron chi connectivity index (χ3n) is 7.68. The fraction of sp³-hybridized carbons (Fsp3) is 0.286. The van der Waals surface area contributed by atoms with Gasteiger partial charge in [0.05, 0.1) is 31.2 Å². The first-order valence-electron chi connectivity index (χ1n) is 14.6. The Morgan fingerprint density at radius 2 is 1.93 bits per heavy atom. The summed E-state index contributed by atoms with van der Waals surface area (Å²) in [6, 6.07) is 16.0. The van der Waals surface area contributed by atoms with Crippen LogP contribution in [-0.2, 0) is 30.8 Å². The molecule has 0 fully saturated rings. The molecule has 0 bridgehead atoms. The molecule has 0 saturated carbocycles. The summed E-state index contributed by atoms with van der Waals surface area (Å²) in [7, 11) is 1.63. The van der Waals surface area contributed by atoms with Gasteiger partial charge in [-0.05, 0) is 55.8 Å². The lowest BCUT2D eigenvalue weighted by molar-refractivity contribution is -0.113. The molecule has 0 unspecified atom stereocenters. The summed E-state index contributed by atoms with van der Waals surface area (Å²) >= 11 is 6.41. The van der Waals surface area contributed by atoms with E-state index in [-0.39, 0.29) is 18.0 Å². The highest BCUT2D eigenvalue weighted by atomic mass is 35.5. The first-order valence-corrected chi connectivity index (χ1v) is 15.0. The summed E-state index contributed by atoms with van der Waals surface area (Å²) in [6.07, 6.45) is 6.69. The van der Waals surface area contributed by atoms with Crippen molar-refractivity contribution in [1.29, 1.82) is 0 Å². The van der Waals surface area contributed by atoms with Crippen LogP contribution in [0.15, 0.2) is 66.4 Å². The van der Waals surface area contributed by atoms with Gasteiger partial charge in [0.2, 0.25) is 0 Å². The molecule has 1 N–H and O–H groups in total. The average molecular weight is 615 g/mol. The first-order chi connectivity index (χ1) is 21.3. The third-order valence-corrected chi connectivity index (χ3v) is 7.91. The van der Waals surface area contributed by atoms with Crippen molar-refractivity contribution in [2.45, 2.75) is 52.7 Å². The van der Waals surface area contributed by atoms with Crippen molar-refractivity contribution in [3.8, 4) is 28.5 Å². The summed E-state index contributed by atoms with van der Waals surface area (Å²) in [5.74, 6) is 0.925. The van der Waals surface area contributed by atoms with Gasteiger partial charge in [0.25, 0.3) is 0 Å². The highest BCUT2D eigenvalue weighted by Crippen LogP contribution is 2.38. The molecule has 3 aromatic carbocycles. The van der Waals surface area contributed by atoms with Crippen LogP contribution in [0.2, 0.25) is 5.02 Å². The SMILES string of the molecule is CCCCn1ncc(/C=C(\Cc2cc3c(cc2OC)CCO3)C(C)=O)c1-c1ccc(Cl)cc1OCc1ccccc1C(=O)O. The van der Waals surface area contributed by atoms with Crippen molar-refractivity contribution in [1.82, 2.24) is 9.78 Å². The van der Waals surface area contributed by atoms with E-state index in [1.54, 1.807) is 56.6 Å².